The third-order valence-electron chi connectivity index (χ3n) is 13.7. The summed E-state index contributed by atoms with van der Waals surface area (Å²) in [7, 11) is 0. The number of hydrogen-bond acceptors (Lipinski definition) is 9. The van der Waals surface area contributed by atoms with E-state index in [1.807, 2.05) is 92.7 Å². The minimum Gasteiger partial charge on any atom is -0.493 e. The van der Waals surface area contributed by atoms with E-state index in [0.717, 1.165) is 96.8 Å². The lowest BCUT2D eigenvalue weighted by Crippen LogP contribution is -2.30. The highest BCUT2D eigenvalue weighted by Crippen LogP contribution is 2.30. The van der Waals surface area contributed by atoms with Gasteiger partial charge in [0.1, 0.15) is 23.0 Å². The lowest BCUT2D eigenvalue weighted by Gasteiger charge is -2.24. The average molecular weight is 944 g/mol. The molecule has 71 heavy (non-hydrogen) atoms. The largest absolute Gasteiger partial charge is 0.493 e. The summed E-state index contributed by atoms with van der Waals surface area (Å²) < 4.78 is 23.8. The molecule has 8 aromatic rings. The van der Waals surface area contributed by atoms with Crippen molar-refractivity contribution in [2.75, 3.05) is 26.3 Å². The van der Waals surface area contributed by atoms with Crippen LogP contribution in [0.2, 0.25) is 0 Å². The van der Waals surface area contributed by atoms with Crippen LogP contribution in [-0.2, 0) is 38.8 Å². The van der Waals surface area contributed by atoms with Crippen LogP contribution in [0.5, 0.6) is 11.5 Å². The van der Waals surface area contributed by atoms with Crippen molar-refractivity contribution in [1.29, 1.82) is 5.26 Å². The van der Waals surface area contributed by atoms with Crippen LogP contribution in [0.3, 0.4) is 0 Å². The number of nitriles is 1. The first-order valence-electron chi connectivity index (χ1n) is 25.2. The van der Waals surface area contributed by atoms with Crippen LogP contribution in [0, 0.1) is 37.0 Å². The monoisotopic (exact) mass is 944 g/mol. The maximum absolute atomic E-state index is 9.51. The standard InChI is InChI=1S/C31H31N3O2.C31H34N2O2/c1-23-30(33-31(36-23)27-10-6-3-7-11-27)16-17-35-29-14-12-24(13-15-29)18-28-19-26(20-32)22-34(28)21-25-8-4-2-5-9-25;1-23-19-28(33(21-23)22-26-9-5-3-6-10-26)20-25-13-15-29(16-14-25)34-18-17-30-24(2)35-31(32-30)27-11-7-4-8-12-27/h2-15,26,28H,16-19,21-22H2,1H3;3-16,23,28H,17-22H2,1-2H3/t26-,28+;23-,28-/m11/s1. The van der Waals surface area contributed by atoms with Gasteiger partial charge in [-0.05, 0) is 116 Å². The fourth-order valence-corrected chi connectivity index (χ4v) is 10.0. The zero-order valence-electron chi connectivity index (χ0n) is 41.3. The summed E-state index contributed by atoms with van der Waals surface area (Å²) in [6.45, 7) is 11.3. The molecular formula is C62H65N5O4. The van der Waals surface area contributed by atoms with Crippen molar-refractivity contribution in [2.24, 2.45) is 11.8 Å². The quantitative estimate of drug-likeness (QED) is 0.0832. The van der Waals surface area contributed by atoms with Gasteiger partial charge in [-0.15, -0.1) is 0 Å². The average Bonchev–Trinajstić information content (AvgIpc) is 4.18. The third kappa shape index (κ3) is 13.5. The van der Waals surface area contributed by atoms with Gasteiger partial charge in [0.2, 0.25) is 11.8 Å². The van der Waals surface area contributed by atoms with E-state index in [-0.39, 0.29) is 5.92 Å². The molecule has 0 radical (unpaired) electrons. The van der Waals surface area contributed by atoms with Crippen molar-refractivity contribution in [2.45, 2.75) is 84.5 Å². The van der Waals surface area contributed by atoms with Gasteiger partial charge in [0, 0.05) is 62.2 Å². The topological polar surface area (TPSA) is 101 Å². The molecule has 2 aliphatic rings. The predicted molar refractivity (Wildman–Crippen MR) is 281 cm³/mol. The maximum atomic E-state index is 9.51. The number of aryl methyl sites for hydroxylation is 2. The summed E-state index contributed by atoms with van der Waals surface area (Å²) in [6.07, 6.45) is 5.61. The summed E-state index contributed by atoms with van der Waals surface area (Å²) >= 11 is 0. The fraction of sp³-hybridized carbons (Fsp3) is 0.306. The van der Waals surface area contributed by atoms with Gasteiger partial charge >= 0.3 is 0 Å². The highest BCUT2D eigenvalue weighted by molar-refractivity contribution is 5.54. The van der Waals surface area contributed by atoms with Crippen LogP contribution in [0.15, 0.2) is 179 Å². The molecule has 2 aromatic heterocycles. The minimum absolute atomic E-state index is 0.101. The van der Waals surface area contributed by atoms with Gasteiger partial charge in [0.25, 0.3) is 0 Å². The van der Waals surface area contributed by atoms with E-state index in [9.17, 15) is 5.26 Å². The Morgan fingerprint density at radius 3 is 1.37 bits per heavy atom. The van der Waals surface area contributed by atoms with Crippen LogP contribution < -0.4 is 9.47 Å². The van der Waals surface area contributed by atoms with Crippen LogP contribution in [0.1, 0.15) is 64.9 Å². The van der Waals surface area contributed by atoms with Gasteiger partial charge in [-0.3, -0.25) is 9.80 Å². The molecule has 0 amide bonds. The minimum atomic E-state index is 0.101. The zero-order valence-corrected chi connectivity index (χ0v) is 41.3. The van der Waals surface area contributed by atoms with Crippen molar-refractivity contribution >= 4 is 0 Å². The Morgan fingerprint density at radius 2 is 0.930 bits per heavy atom. The number of hydrogen-bond donors (Lipinski definition) is 0. The number of benzene rings is 6. The molecule has 0 N–H and O–H groups in total. The van der Waals surface area contributed by atoms with Crippen molar-refractivity contribution < 1.29 is 18.3 Å². The van der Waals surface area contributed by atoms with Gasteiger partial charge in [-0.25, -0.2) is 9.97 Å². The smallest absolute Gasteiger partial charge is 0.226 e. The van der Waals surface area contributed by atoms with Crippen LogP contribution in [-0.4, -0.2) is 58.2 Å². The molecule has 10 rings (SSSR count). The molecule has 0 bridgehead atoms. The van der Waals surface area contributed by atoms with Gasteiger partial charge in [-0.1, -0.05) is 128 Å². The molecule has 4 atom stereocenters. The Balaban J connectivity index is 0.000000176. The summed E-state index contributed by atoms with van der Waals surface area (Å²) in [5.74, 6) is 5.61. The van der Waals surface area contributed by atoms with Crippen molar-refractivity contribution in [3.8, 4) is 40.5 Å². The van der Waals surface area contributed by atoms with Crippen LogP contribution in [0.4, 0.5) is 0 Å². The SMILES string of the molecule is Cc1oc(-c2ccccc2)nc1CCOc1ccc(C[C@H]2C[C@@H](C)CN2Cc2ccccc2)cc1.Cc1oc(-c2ccccc2)nc1CCOc1ccc(C[C@H]2C[C@H](C#N)CN2Cc2ccccc2)cc1. The zero-order chi connectivity index (χ0) is 48.8. The number of likely N-dealkylation sites (tertiary alicyclic amines) is 2. The number of oxazole rings is 2. The molecule has 0 unspecified atom stereocenters. The van der Waals surface area contributed by atoms with Gasteiger partial charge in [0.05, 0.1) is 36.6 Å². The van der Waals surface area contributed by atoms with E-state index in [1.54, 1.807) is 0 Å². The van der Waals surface area contributed by atoms with Crippen LogP contribution in [0.25, 0.3) is 22.9 Å². The second-order valence-electron chi connectivity index (χ2n) is 19.2. The third-order valence-corrected chi connectivity index (χ3v) is 13.7. The van der Waals surface area contributed by atoms with E-state index in [2.05, 4.69) is 124 Å². The van der Waals surface area contributed by atoms with Crippen LogP contribution >= 0.6 is 0 Å². The van der Waals surface area contributed by atoms with E-state index in [4.69, 9.17) is 18.3 Å². The maximum Gasteiger partial charge on any atom is 0.226 e. The molecule has 9 heteroatoms. The summed E-state index contributed by atoms with van der Waals surface area (Å²) in [5, 5.41) is 9.51. The van der Waals surface area contributed by atoms with E-state index in [0.29, 0.717) is 43.5 Å². The highest BCUT2D eigenvalue weighted by atomic mass is 16.5. The van der Waals surface area contributed by atoms with Crippen molar-refractivity contribution in [1.82, 2.24) is 19.8 Å². The lowest BCUT2D eigenvalue weighted by atomic mass is 10.0. The Kier molecular flexibility index (Phi) is 16.5. The number of aromatic nitrogens is 2. The molecule has 6 aromatic carbocycles. The number of nitrogens with zero attached hydrogens (tertiary/aromatic N) is 5. The number of ether oxygens (including phenoxy) is 2. The molecule has 0 spiro atoms. The molecule has 0 saturated carbocycles. The van der Waals surface area contributed by atoms with Gasteiger partial charge in [0.15, 0.2) is 0 Å². The first-order valence-corrected chi connectivity index (χ1v) is 25.2. The predicted octanol–water partition coefficient (Wildman–Crippen LogP) is 13.0. The normalized spacial score (nSPS) is 17.9. The molecule has 0 aliphatic carbocycles. The Labute approximate surface area is 419 Å². The fourth-order valence-electron chi connectivity index (χ4n) is 10.0. The van der Waals surface area contributed by atoms with Crippen molar-refractivity contribution in [3.05, 3.63) is 215 Å². The van der Waals surface area contributed by atoms with E-state index < -0.39 is 0 Å². The molecule has 4 heterocycles. The Hall–Kier alpha value is -7.25. The molecule has 2 aliphatic heterocycles. The Bertz CT molecular complexity index is 2900. The summed E-state index contributed by atoms with van der Waals surface area (Å²) in [5.41, 5.74) is 9.19. The highest BCUT2D eigenvalue weighted by Gasteiger charge is 2.32. The van der Waals surface area contributed by atoms with E-state index >= 15 is 0 Å². The van der Waals surface area contributed by atoms with Gasteiger partial charge < -0.3 is 18.3 Å². The second kappa shape index (κ2) is 24.0. The van der Waals surface area contributed by atoms with Crippen molar-refractivity contribution in [3.63, 3.8) is 0 Å². The molecule has 9 nitrogen and oxygen atoms in total. The van der Waals surface area contributed by atoms with Gasteiger partial charge in [-0.2, -0.15) is 5.26 Å². The molecular weight excluding hydrogens is 879 g/mol. The molecule has 362 valence electrons. The second-order valence-corrected chi connectivity index (χ2v) is 19.2. The Morgan fingerprint density at radius 1 is 0.521 bits per heavy atom. The van der Waals surface area contributed by atoms with E-state index in [1.165, 1.54) is 35.2 Å². The lowest BCUT2D eigenvalue weighted by molar-refractivity contribution is 0.241. The summed E-state index contributed by atoms with van der Waals surface area (Å²) in [4.78, 5) is 14.4. The number of rotatable bonds is 18. The molecule has 2 saturated heterocycles. The summed E-state index contributed by atoms with van der Waals surface area (Å²) in [6, 6.07) is 61.7. The first-order chi connectivity index (χ1) is 34.8. The first kappa shape index (κ1) is 48.8. The molecule has 2 fully saturated rings.